The van der Waals surface area contributed by atoms with Gasteiger partial charge in [0.2, 0.25) is 5.69 Å². The molecule has 3 rings (SSSR count). The number of aromatic nitrogens is 2. The molecule has 0 amide bonds. The maximum Gasteiger partial charge on any atom is 0.238 e. The van der Waals surface area contributed by atoms with Crippen LogP contribution in [0.2, 0.25) is 5.02 Å². The van der Waals surface area contributed by atoms with Gasteiger partial charge in [-0.15, -0.1) is 4.68 Å². The monoisotopic (exact) mass is 325 g/mol. The lowest BCUT2D eigenvalue weighted by molar-refractivity contribution is -0.740. The van der Waals surface area contributed by atoms with Crippen LogP contribution >= 0.6 is 11.6 Å². The Morgan fingerprint density at radius 2 is 1.78 bits per heavy atom. The van der Waals surface area contributed by atoms with Gasteiger partial charge in [-0.3, -0.25) is 0 Å². The number of benzene rings is 2. The Labute approximate surface area is 142 Å². The van der Waals surface area contributed by atoms with E-state index in [1.54, 1.807) is 0 Å². The molecule has 0 aliphatic carbocycles. The van der Waals surface area contributed by atoms with Gasteiger partial charge in [0.05, 0.1) is 12.1 Å². The molecule has 1 heterocycles. The fraction of sp³-hybridized carbons (Fsp3) is 0.250. The molecule has 0 aliphatic heterocycles. The molecule has 0 atom stereocenters. The summed E-state index contributed by atoms with van der Waals surface area (Å²) < 4.78 is 4.32. The molecular weight excluding hydrogens is 304 g/mol. The van der Waals surface area contributed by atoms with Crippen molar-refractivity contribution in [3.05, 3.63) is 64.7 Å². The molecular formula is C20H22ClN2+. The van der Waals surface area contributed by atoms with Gasteiger partial charge in [-0.1, -0.05) is 42.8 Å². The van der Waals surface area contributed by atoms with E-state index in [2.05, 4.69) is 73.7 Å². The van der Waals surface area contributed by atoms with E-state index in [4.69, 9.17) is 11.6 Å². The van der Waals surface area contributed by atoms with Crippen LogP contribution < -0.4 is 4.68 Å². The Bertz CT molecular complexity index is 825. The lowest BCUT2D eigenvalue weighted by atomic mass is 10.0. The highest BCUT2D eigenvalue weighted by Crippen LogP contribution is 2.32. The van der Waals surface area contributed by atoms with Crippen LogP contribution in [0.3, 0.4) is 0 Å². The number of hydrogen-bond acceptors (Lipinski definition) is 0. The van der Waals surface area contributed by atoms with E-state index >= 15 is 0 Å². The highest BCUT2D eigenvalue weighted by atomic mass is 35.5. The summed E-state index contributed by atoms with van der Waals surface area (Å²) in [5.74, 6) is 0. The van der Waals surface area contributed by atoms with Crippen LogP contribution in [0, 0.1) is 6.92 Å². The Hall–Kier alpha value is -2.06. The van der Waals surface area contributed by atoms with Crippen molar-refractivity contribution in [1.29, 1.82) is 0 Å². The standard InChI is InChI=1S/C20H22ClN2/c1-5-15-9-11-16(12-10-15)18-13-19(23(4)22(18)3)20-14(2)7-6-8-17(20)21/h6-13H,5H2,1-4H3/q+1. The fourth-order valence-electron chi connectivity index (χ4n) is 3.01. The van der Waals surface area contributed by atoms with Crippen LogP contribution in [0.1, 0.15) is 18.1 Å². The maximum absolute atomic E-state index is 6.46. The van der Waals surface area contributed by atoms with Gasteiger partial charge in [0.15, 0.2) is 7.05 Å². The first kappa shape index (κ1) is 15.8. The average molecular weight is 326 g/mol. The lowest BCUT2D eigenvalue weighted by Gasteiger charge is -2.06. The van der Waals surface area contributed by atoms with Crippen molar-refractivity contribution in [2.24, 2.45) is 14.1 Å². The molecule has 3 aromatic rings. The van der Waals surface area contributed by atoms with Gasteiger partial charge in [0.25, 0.3) is 0 Å². The zero-order valence-corrected chi connectivity index (χ0v) is 14.9. The summed E-state index contributed by atoms with van der Waals surface area (Å²) in [6.07, 6.45) is 1.06. The molecule has 0 aliphatic rings. The zero-order chi connectivity index (χ0) is 16.6. The molecule has 0 saturated heterocycles. The summed E-state index contributed by atoms with van der Waals surface area (Å²) in [6.45, 7) is 4.28. The molecule has 0 radical (unpaired) electrons. The molecule has 0 saturated carbocycles. The van der Waals surface area contributed by atoms with Gasteiger partial charge in [0, 0.05) is 17.2 Å². The normalized spacial score (nSPS) is 11.0. The summed E-state index contributed by atoms with van der Waals surface area (Å²) in [4.78, 5) is 0. The average Bonchev–Trinajstić information content (AvgIpc) is 2.84. The van der Waals surface area contributed by atoms with Crippen molar-refractivity contribution >= 4 is 11.6 Å². The second-order valence-corrected chi connectivity index (χ2v) is 6.35. The van der Waals surface area contributed by atoms with Crippen LogP contribution in [0.5, 0.6) is 0 Å². The Balaban J connectivity index is 2.15. The van der Waals surface area contributed by atoms with Crippen LogP contribution in [0.25, 0.3) is 22.5 Å². The van der Waals surface area contributed by atoms with E-state index in [1.165, 1.54) is 22.4 Å². The number of rotatable bonds is 3. The van der Waals surface area contributed by atoms with Crippen LogP contribution in [0.15, 0.2) is 48.5 Å². The molecule has 3 heteroatoms. The van der Waals surface area contributed by atoms with Gasteiger partial charge >= 0.3 is 0 Å². The third-order valence-corrected chi connectivity index (χ3v) is 4.87. The summed E-state index contributed by atoms with van der Waals surface area (Å²) in [5, 5.41) is 0.791. The minimum Gasteiger partial charge on any atom is -0.156 e. The van der Waals surface area contributed by atoms with E-state index in [9.17, 15) is 0 Å². The predicted octanol–water partition coefficient (Wildman–Crippen LogP) is 4.71. The second-order valence-electron chi connectivity index (χ2n) is 5.94. The van der Waals surface area contributed by atoms with Crippen LogP contribution in [-0.2, 0) is 20.5 Å². The molecule has 23 heavy (non-hydrogen) atoms. The smallest absolute Gasteiger partial charge is 0.156 e. The first-order valence-corrected chi connectivity index (χ1v) is 8.31. The second kappa shape index (κ2) is 6.21. The third-order valence-electron chi connectivity index (χ3n) is 4.56. The zero-order valence-electron chi connectivity index (χ0n) is 14.1. The Kier molecular flexibility index (Phi) is 4.27. The number of nitrogens with zero attached hydrogens (tertiary/aromatic N) is 2. The molecule has 0 unspecified atom stereocenters. The molecule has 0 fully saturated rings. The van der Waals surface area contributed by atoms with Crippen molar-refractivity contribution in [1.82, 2.24) is 4.68 Å². The minimum atomic E-state index is 0.791. The highest BCUT2D eigenvalue weighted by Gasteiger charge is 2.22. The summed E-state index contributed by atoms with van der Waals surface area (Å²) in [7, 11) is 4.15. The summed E-state index contributed by atoms with van der Waals surface area (Å²) >= 11 is 6.46. The highest BCUT2D eigenvalue weighted by molar-refractivity contribution is 6.33. The first-order chi connectivity index (χ1) is 11.0. The Morgan fingerprint density at radius 3 is 2.39 bits per heavy atom. The van der Waals surface area contributed by atoms with E-state index < -0.39 is 0 Å². The first-order valence-electron chi connectivity index (χ1n) is 7.93. The van der Waals surface area contributed by atoms with Crippen LogP contribution in [0.4, 0.5) is 0 Å². The van der Waals surface area contributed by atoms with E-state index in [0.29, 0.717) is 0 Å². The van der Waals surface area contributed by atoms with Crippen molar-refractivity contribution in [2.45, 2.75) is 20.3 Å². The van der Waals surface area contributed by atoms with Crippen molar-refractivity contribution < 1.29 is 4.68 Å². The SMILES string of the molecule is CCc1ccc(-c2cc(-c3c(C)cccc3Cl)n(C)[n+]2C)cc1. The van der Waals surface area contributed by atoms with Crippen LogP contribution in [-0.4, -0.2) is 4.68 Å². The van der Waals surface area contributed by atoms with E-state index in [-0.39, 0.29) is 0 Å². The number of hydrogen-bond donors (Lipinski definition) is 0. The molecule has 0 spiro atoms. The number of aryl methyl sites for hydroxylation is 2. The van der Waals surface area contributed by atoms with Gasteiger partial charge in [-0.25, -0.2) is 0 Å². The quantitative estimate of drug-likeness (QED) is 0.617. The predicted molar refractivity (Wildman–Crippen MR) is 96.6 cm³/mol. The fourth-order valence-corrected chi connectivity index (χ4v) is 3.33. The Morgan fingerprint density at radius 1 is 1.09 bits per heavy atom. The van der Waals surface area contributed by atoms with Crippen molar-refractivity contribution in [3.8, 4) is 22.5 Å². The minimum absolute atomic E-state index is 0.791. The molecule has 0 bridgehead atoms. The number of halogens is 1. The van der Waals surface area contributed by atoms with Gasteiger partial charge in [0.1, 0.15) is 5.69 Å². The van der Waals surface area contributed by atoms with E-state index in [0.717, 1.165) is 22.7 Å². The third kappa shape index (κ3) is 2.79. The lowest BCUT2D eigenvalue weighted by Crippen LogP contribution is -2.39. The molecule has 0 N–H and O–H groups in total. The van der Waals surface area contributed by atoms with Gasteiger partial charge in [-0.05, 0) is 42.7 Å². The maximum atomic E-state index is 6.46. The van der Waals surface area contributed by atoms with E-state index in [1.807, 2.05) is 12.1 Å². The molecule has 118 valence electrons. The molecule has 2 nitrogen and oxygen atoms in total. The summed E-state index contributed by atoms with van der Waals surface area (Å²) in [5.41, 5.74) is 7.18. The topological polar surface area (TPSA) is 8.81 Å². The van der Waals surface area contributed by atoms with Crippen molar-refractivity contribution in [3.63, 3.8) is 0 Å². The molecule has 2 aromatic carbocycles. The summed E-state index contributed by atoms with van der Waals surface area (Å²) in [6, 6.07) is 17.0. The van der Waals surface area contributed by atoms with Gasteiger partial charge < -0.3 is 0 Å². The van der Waals surface area contributed by atoms with Crippen molar-refractivity contribution in [2.75, 3.05) is 0 Å². The van der Waals surface area contributed by atoms with Gasteiger partial charge in [-0.2, -0.15) is 4.68 Å². The molecule has 1 aromatic heterocycles. The largest absolute Gasteiger partial charge is 0.238 e.